The van der Waals surface area contributed by atoms with E-state index in [9.17, 15) is 4.39 Å². The summed E-state index contributed by atoms with van der Waals surface area (Å²) in [5.74, 6) is 0.364. The van der Waals surface area contributed by atoms with Crippen LogP contribution in [0.1, 0.15) is 24.4 Å². The van der Waals surface area contributed by atoms with E-state index in [1.54, 1.807) is 19.2 Å². The number of hydrogen-bond donors (Lipinski definition) is 1. The molecule has 0 aromatic heterocycles. The number of piperidine rings is 1. The number of nitrogens with zero attached hydrogens (tertiary/aromatic N) is 1. The van der Waals surface area contributed by atoms with Crippen molar-refractivity contribution in [3.05, 3.63) is 34.6 Å². The van der Waals surface area contributed by atoms with Gasteiger partial charge in [-0.1, -0.05) is 11.6 Å². The maximum atomic E-state index is 14.0. The van der Waals surface area contributed by atoms with Crippen molar-refractivity contribution in [1.29, 1.82) is 0 Å². The van der Waals surface area contributed by atoms with Crippen molar-refractivity contribution in [3.63, 3.8) is 0 Å². The van der Waals surface area contributed by atoms with Gasteiger partial charge in [-0.2, -0.15) is 0 Å². The lowest BCUT2D eigenvalue weighted by molar-refractivity contribution is 0.0802. The largest absolute Gasteiger partial charge is 0.384 e. The normalized spacial score (nSPS) is 19.2. The summed E-state index contributed by atoms with van der Waals surface area (Å²) >= 11 is 5.98. The van der Waals surface area contributed by atoms with E-state index in [1.807, 2.05) is 0 Å². The van der Waals surface area contributed by atoms with Crippen LogP contribution >= 0.6 is 11.6 Å². The molecule has 20 heavy (non-hydrogen) atoms. The molecule has 1 aliphatic heterocycles. The summed E-state index contributed by atoms with van der Waals surface area (Å²) in [5, 5.41) is 0.550. The molecule has 3 nitrogen and oxygen atoms in total. The van der Waals surface area contributed by atoms with Gasteiger partial charge < -0.3 is 10.5 Å². The maximum Gasteiger partial charge on any atom is 0.128 e. The van der Waals surface area contributed by atoms with Crippen LogP contribution in [0.25, 0.3) is 0 Å². The first-order valence-corrected chi connectivity index (χ1v) is 7.41. The fraction of sp³-hybridized carbons (Fsp3) is 0.600. The Morgan fingerprint density at radius 2 is 2.15 bits per heavy atom. The Morgan fingerprint density at radius 3 is 2.75 bits per heavy atom. The Balaban J connectivity index is 2.07. The minimum absolute atomic E-state index is 0.0998. The Bertz CT molecular complexity index is 436. The Labute approximate surface area is 124 Å². The zero-order valence-electron chi connectivity index (χ0n) is 11.8. The van der Waals surface area contributed by atoms with E-state index in [0.717, 1.165) is 32.5 Å². The van der Waals surface area contributed by atoms with Crippen molar-refractivity contribution in [1.82, 2.24) is 4.90 Å². The summed E-state index contributed by atoms with van der Waals surface area (Å²) in [6.45, 7) is 3.03. The van der Waals surface area contributed by atoms with Crippen molar-refractivity contribution >= 4 is 11.6 Å². The van der Waals surface area contributed by atoms with Crippen molar-refractivity contribution in [2.75, 3.05) is 33.4 Å². The number of ether oxygens (including phenoxy) is 1. The van der Waals surface area contributed by atoms with Gasteiger partial charge in [-0.05, 0) is 50.0 Å². The number of nitrogens with two attached hydrogens (primary N) is 1. The van der Waals surface area contributed by atoms with Gasteiger partial charge in [0, 0.05) is 36.9 Å². The van der Waals surface area contributed by atoms with E-state index < -0.39 is 0 Å². The summed E-state index contributed by atoms with van der Waals surface area (Å²) in [6, 6.07) is 4.57. The predicted octanol–water partition coefficient (Wildman–Crippen LogP) is 2.84. The van der Waals surface area contributed by atoms with Gasteiger partial charge in [0.15, 0.2) is 0 Å². The van der Waals surface area contributed by atoms with E-state index in [1.165, 1.54) is 6.07 Å². The molecule has 112 valence electrons. The lowest BCUT2D eigenvalue weighted by atomic mass is 9.94. The number of rotatable bonds is 5. The van der Waals surface area contributed by atoms with E-state index in [2.05, 4.69) is 4.90 Å². The van der Waals surface area contributed by atoms with Gasteiger partial charge in [-0.15, -0.1) is 0 Å². The monoisotopic (exact) mass is 300 g/mol. The molecule has 0 amide bonds. The van der Waals surface area contributed by atoms with E-state index in [0.29, 0.717) is 23.0 Å². The average Bonchev–Trinajstić information content (AvgIpc) is 2.45. The second-order valence-electron chi connectivity index (χ2n) is 5.35. The molecular formula is C15H22ClFN2O. The van der Waals surface area contributed by atoms with E-state index in [4.69, 9.17) is 22.1 Å². The van der Waals surface area contributed by atoms with Crippen LogP contribution in [0.3, 0.4) is 0 Å². The molecule has 5 heteroatoms. The Kier molecular flexibility index (Phi) is 5.78. The summed E-state index contributed by atoms with van der Waals surface area (Å²) in [4.78, 5) is 2.25. The van der Waals surface area contributed by atoms with Crippen molar-refractivity contribution in [3.8, 4) is 0 Å². The fourth-order valence-electron chi connectivity index (χ4n) is 2.91. The highest BCUT2D eigenvalue weighted by atomic mass is 35.5. The van der Waals surface area contributed by atoms with Crippen molar-refractivity contribution < 1.29 is 9.13 Å². The average molecular weight is 301 g/mol. The van der Waals surface area contributed by atoms with Crippen LogP contribution in [0.4, 0.5) is 4.39 Å². The van der Waals surface area contributed by atoms with Gasteiger partial charge >= 0.3 is 0 Å². The first-order valence-electron chi connectivity index (χ1n) is 7.03. The minimum atomic E-state index is -0.233. The van der Waals surface area contributed by atoms with E-state index in [-0.39, 0.29) is 11.9 Å². The van der Waals surface area contributed by atoms with Crippen LogP contribution in [0.5, 0.6) is 0 Å². The smallest absolute Gasteiger partial charge is 0.128 e. The van der Waals surface area contributed by atoms with Crippen molar-refractivity contribution in [2.24, 2.45) is 11.7 Å². The SMILES string of the molecule is COCC1CCN(C(CN)c2cc(Cl)ccc2F)CC1. The van der Waals surface area contributed by atoms with Crippen LogP contribution < -0.4 is 5.73 Å². The number of likely N-dealkylation sites (tertiary alicyclic amines) is 1. The van der Waals surface area contributed by atoms with E-state index >= 15 is 0 Å². The van der Waals surface area contributed by atoms with Crippen LogP contribution in [0, 0.1) is 11.7 Å². The predicted molar refractivity (Wildman–Crippen MR) is 79.4 cm³/mol. The molecule has 1 saturated heterocycles. The third-order valence-corrected chi connectivity index (χ3v) is 4.27. The molecule has 0 radical (unpaired) electrons. The van der Waals surface area contributed by atoms with Gasteiger partial charge in [-0.25, -0.2) is 4.39 Å². The second-order valence-corrected chi connectivity index (χ2v) is 5.79. The Morgan fingerprint density at radius 1 is 1.45 bits per heavy atom. The summed E-state index contributed by atoms with van der Waals surface area (Å²) in [7, 11) is 1.73. The fourth-order valence-corrected chi connectivity index (χ4v) is 3.09. The summed E-state index contributed by atoms with van der Waals surface area (Å²) < 4.78 is 19.2. The third kappa shape index (κ3) is 3.70. The molecule has 0 aliphatic carbocycles. The minimum Gasteiger partial charge on any atom is -0.384 e. The van der Waals surface area contributed by atoms with Crippen LogP contribution in [-0.2, 0) is 4.74 Å². The molecule has 1 aromatic rings. The van der Waals surface area contributed by atoms with Gasteiger partial charge in [-0.3, -0.25) is 4.90 Å². The highest BCUT2D eigenvalue weighted by Crippen LogP contribution is 2.29. The zero-order valence-corrected chi connectivity index (χ0v) is 12.6. The summed E-state index contributed by atoms with van der Waals surface area (Å²) in [6.07, 6.45) is 2.12. The first kappa shape index (κ1) is 15.7. The number of hydrogen-bond acceptors (Lipinski definition) is 3. The molecule has 2 N–H and O–H groups in total. The maximum absolute atomic E-state index is 14.0. The highest BCUT2D eigenvalue weighted by Gasteiger charge is 2.27. The first-order chi connectivity index (χ1) is 9.65. The molecule has 1 aliphatic rings. The molecule has 1 heterocycles. The highest BCUT2D eigenvalue weighted by molar-refractivity contribution is 6.30. The molecule has 1 aromatic carbocycles. The Hall–Kier alpha value is -0.680. The molecule has 0 spiro atoms. The quantitative estimate of drug-likeness (QED) is 0.909. The third-order valence-electron chi connectivity index (χ3n) is 4.03. The lowest BCUT2D eigenvalue weighted by Gasteiger charge is -2.37. The number of halogens is 2. The standard InChI is InChI=1S/C15H22ClFN2O/c1-20-10-11-4-6-19(7-5-11)15(9-18)13-8-12(16)2-3-14(13)17/h2-3,8,11,15H,4-7,9-10,18H2,1H3. The molecule has 1 atom stereocenters. The summed E-state index contributed by atoms with van der Waals surface area (Å²) in [5.41, 5.74) is 6.47. The second kappa shape index (κ2) is 7.36. The molecule has 2 rings (SSSR count). The molecular weight excluding hydrogens is 279 g/mol. The van der Waals surface area contributed by atoms with Gasteiger partial charge in [0.25, 0.3) is 0 Å². The molecule has 1 unspecified atom stereocenters. The topological polar surface area (TPSA) is 38.5 Å². The molecule has 0 saturated carbocycles. The van der Waals surface area contributed by atoms with Crippen LogP contribution in [0.2, 0.25) is 5.02 Å². The molecule has 1 fully saturated rings. The zero-order chi connectivity index (χ0) is 14.5. The van der Waals surface area contributed by atoms with Gasteiger partial charge in [0.2, 0.25) is 0 Å². The van der Waals surface area contributed by atoms with Crippen molar-refractivity contribution in [2.45, 2.75) is 18.9 Å². The van der Waals surface area contributed by atoms with Gasteiger partial charge in [0.1, 0.15) is 5.82 Å². The molecule has 0 bridgehead atoms. The lowest BCUT2D eigenvalue weighted by Crippen LogP contribution is -2.40. The van der Waals surface area contributed by atoms with Crippen LogP contribution in [-0.4, -0.2) is 38.3 Å². The van der Waals surface area contributed by atoms with Crippen LogP contribution in [0.15, 0.2) is 18.2 Å². The number of benzene rings is 1. The van der Waals surface area contributed by atoms with Gasteiger partial charge in [0.05, 0.1) is 0 Å². The number of methoxy groups -OCH3 is 1.